The Morgan fingerprint density at radius 1 is 1.12 bits per heavy atom. The molecular weight excluding hydrogens is 402 g/mol. The van der Waals surface area contributed by atoms with Crippen molar-refractivity contribution in [2.45, 2.75) is 45.6 Å². The fourth-order valence-electron chi connectivity index (χ4n) is 3.72. The van der Waals surface area contributed by atoms with Gasteiger partial charge in [-0.2, -0.15) is 0 Å². The number of hydrogen-bond donors (Lipinski definition) is 1. The molecule has 5 rings (SSSR count). The predicted octanol–water partition coefficient (Wildman–Crippen LogP) is 4.54. The summed E-state index contributed by atoms with van der Waals surface area (Å²) in [5.41, 5.74) is 4.48. The van der Waals surface area contributed by atoms with Crippen LogP contribution in [0.15, 0.2) is 55.4 Å². The second kappa shape index (κ2) is 8.03. The molecule has 1 fully saturated rings. The van der Waals surface area contributed by atoms with Gasteiger partial charge in [-0.05, 0) is 57.4 Å². The number of hydrogen-bond acceptors (Lipinski definition) is 5. The third-order valence-electron chi connectivity index (χ3n) is 5.75. The van der Waals surface area contributed by atoms with Crippen LogP contribution in [0.4, 0.5) is 5.82 Å². The van der Waals surface area contributed by atoms with E-state index >= 15 is 0 Å². The summed E-state index contributed by atoms with van der Waals surface area (Å²) >= 11 is 0. The molecule has 3 aromatic heterocycles. The van der Waals surface area contributed by atoms with E-state index in [1.54, 1.807) is 12.5 Å². The molecule has 0 spiro atoms. The lowest BCUT2D eigenvalue weighted by Gasteiger charge is -2.13. The van der Waals surface area contributed by atoms with Crippen LogP contribution in [0.3, 0.4) is 0 Å². The van der Waals surface area contributed by atoms with E-state index in [9.17, 15) is 4.79 Å². The van der Waals surface area contributed by atoms with Crippen LogP contribution in [0, 0.1) is 6.92 Å². The Balaban J connectivity index is 1.39. The van der Waals surface area contributed by atoms with Crippen molar-refractivity contribution in [1.82, 2.24) is 29.3 Å². The zero-order valence-electron chi connectivity index (χ0n) is 18.4. The quantitative estimate of drug-likeness (QED) is 0.488. The van der Waals surface area contributed by atoms with Crippen LogP contribution in [-0.2, 0) is 0 Å². The van der Waals surface area contributed by atoms with Crippen LogP contribution in [0.1, 0.15) is 60.3 Å². The van der Waals surface area contributed by atoms with E-state index in [1.165, 1.54) is 12.8 Å². The molecule has 8 heteroatoms. The molecule has 0 atom stereocenters. The van der Waals surface area contributed by atoms with Gasteiger partial charge in [-0.3, -0.25) is 4.79 Å². The number of nitrogens with one attached hydrogen (secondary N) is 1. The normalized spacial score (nSPS) is 13.5. The molecule has 1 saturated carbocycles. The Labute approximate surface area is 186 Å². The minimum atomic E-state index is -0.226. The van der Waals surface area contributed by atoms with Crippen LogP contribution in [0.5, 0.6) is 0 Å². The molecule has 1 aliphatic carbocycles. The van der Waals surface area contributed by atoms with Gasteiger partial charge in [0.25, 0.3) is 5.91 Å². The standard InChI is InChI=1S/C24H25N7O/c1-15(2)31-14-27-29-23(31)20-10-18(5-4-16(20)3)24(32)28-22-11-19(8-9-25-22)30-12-21(26-13-30)17-6-7-17/h4-5,8-15,17H,6-7H2,1-3H3,(H,25,28,32). The van der Waals surface area contributed by atoms with E-state index < -0.39 is 0 Å². The number of carbonyl (C=O) groups excluding carboxylic acids is 1. The molecule has 0 bridgehead atoms. The number of nitrogens with zero attached hydrogens (tertiary/aromatic N) is 6. The largest absolute Gasteiger partial charge is 0.311 e. The molecule has 0 aliphatic heterocycles. The van der Waals surface area contributed by atoms with E-state index in [2.05, 4.69) is 45.5 Å². The highest BCUT2D eigenvalue weighted by molar-refractivity contribution is 6.04. The van der Waals surface area contributed by atoms with Crippen LogP contribution >= 0.6 is 0 Å². The Morgan fingerprint density at radius 2 is 1.97 bits per heavy atom. The number of aryl methyl sites for hydroxylation is 1. The van der Waals surface area contributed by atoms with Gasteiger partial charge in [0.2, 0.25) is 0 Å². The summed E-state index contributed by atoms with van der Waals surface area (Å²) in [5.74, 6) is 1.60. The second-order valence-corrected chi connectivity index (χ2v) is 8.52. The molecule has 3 heterocycles. The molecule has 0 radical (unpaired) electrons. The summed E-state index contributed by atoms with van der Waals surface area (Å²) in [5, 5.41) is 11.2. The Hall–Kier alpha value is -3.81. The summed E-state index contributed by atoms with van der Waals surface area (Å²) in [4.78, 5) is 21.8. The highest BCUT2D eigenvalue weighted by Crippen LogP contribution is 2.39. The van der Waals surface area contributed by atoms with E-state index in [0.29, 0.717) is 17.3 Å². The molecule has 0 unspecified atom stereocenters. The van der Waals surface area contributed by atoms with Gasteiger partial charge in [-0.1, -0.05) is 6.07 Å². The number of benzene rings is 1. The number of aromatic nitrogens is 6. The van der Waals surface area contributed by atoms with Crippen molar-refractivity contribution >= 4 is 11.7 Å². The zero-order chi connectivity index (χ0) is 22.2. The number of rotatable bonds is 6. The Morgan fingerprint density at radius 3 is 2.75 bits per heavy atom. The van der Waals surface area contributed by atoms with Crippen LogP contribution < -0.4 is 5.32 Å². The van der Waals surface area contributed by atoms with E-state index in [4.69, 9.17) is 0 Å². The average Bonchev–Trinajstić information content (AvgIpc) is 3.31. The summed E-state index contributed by atoms with van der Waals surface area (Å²) < 4.78 is 3.96. The van der Waals surface area contributed by atoms with Crippen LogP contribution in [0.2, 0.25) is 0 Å². The maximum atomic E-state index is 13.0. The fraction of sp³-hybridized carbons (Fsp3) is 0.292. The topological polar surface area (TPSA) is 90.5 Å². The van der Waals surface area contributed by atoms with Gasteiger partial charge < -0.3 is 14.5 Å². The van der Waals surface area contributed by atoms with Gasteiger partial charge >= 0.3 is 0 Å². The number of imidazole rings is 1. The van der Waals surface area contributed by atoms with Crippen molar-refractivity contribution in [2.75, 3.05) is 5.32 Å². The van der Waals surface area contributed by atoms with Crippen molar-refractivity contribution in [3.63, 3.8) is 0 Å². The second-order valence-electron chi connectivity index (χ2n) is 8.52. The van der Waals surface area contributed by atoms with Crippen molar-refractivity contribution < 1.29 is 4.79 Å². The van der Waals surface area contributed by atoms with Crippen LogP contribution in [-0.4, -0.2) is 35.2 Å². The van der Waals surface area contributed by atoms with Crippen molar-refractivity contribution in [3.05, 3.63) is 72.2 Å². The number of amides is 1. The highest BCUT2D eigenvalue weighted by Gasteiger charge is 2.25. The first kappa shape index (κ1) is 20.1. The minimum Gasteiger partial charge on any atom is -0.311 e. The third kappa shape index (κ3) is 3.91. The average molecular weight is 428 g/mol. The summed E-state index contributed by atoms with van der Waals surface area (Å²) in [7, 11) is 0. The first-order valence-corrected chi connectivity index (χ1v) is 10.8. The minimum absolute atomic E-state index is 0.215. The SMILES string of the molecule is Cc1ccc(C(=O)Nc2cc(-n3cnc(C4CC4)c3)ccn2)cc1-c1nncn1C(C)C. The molecule has 162 valence electrons. The van der Waals surface area contributed by atoms with Crippen molar-refractivity contribution in [3.8, 4) is 17.1 Å². The van der Waals surface area contributed by atoms with Gasteiger partial charge in [-0.25, -0.2) is 9.97 Å². The molecule has 4 aromatic rings. The zero-order valence-corrected chi connectivity index (χ0v) is 18.4. The van der Waals surface area contributed by atoms with Crippen molar-refractivity contribution in [1.29, 1.82) is 0 Å². The molecule has 0 saturated heterocycles. The lowest BCUT2D eigenvalue weighted by Crippen LogP contribution is -2.14. The lowest BCUT2D eigenvalue weighted by atomic mass is 10.0. The smallest absolute Gasteiger partial charge is 0.256 e. The summed E-state index contributed by atoms with van der Waals surface area (Å²) in [6.07, 6.45) is 9.68. The molecule has 1 N–H and O–H groups in total. The number of pyridine rings is 1. The molecular formula is C24H25N7O. The van der Waals surface area contributed by atoms with Gasteiger partial charge in [0.05, 0.1) is 17.7 Å². The molecule has 32 heavy (non-hydrogen) atoms. The maximum Gasteiger partial charge on any atom is 0.256 e. The van der Waals surface area contributed by atoms with Gasteiger partial charge in [-0.15, -0.1) is 10.2 Å². The first-order valence-electron chi connectivity index (χ1n) is 10.8. The van der Waals surface area contributed by atoms with E-state index in [0.717, 1.165) is 28.3 Å². The number of carbonyl (C=O) groups is 1. The van der Waals surface area contributed by atoms with Gasteiger partial charge in [0.15, 0.2) is 5.82 Å². The van der Waals surface area contributed by atoms with Gasteiger partial charge in [0.1, 0.15) is 12.1 Å². The molecule has 1 amide bonds. The first-order chi connectivity index (χ1) is 15.5. The number of anilines is 1. The van der Waals surface area contributed by atoms with E-state index in [-0.39, 0.29) is 11.9 Å². The maximum absolute atomic E-state index is 13.0. The highest BCUT2D eigenvalue weighted by atomic mass is 16.1. The predicted molar refractivity (Wildman–Crippen MR) is 122 cm³/mol. The lowest BCUT2D eigenvalue weighted by molar-refractivity contribution is 0.102. The Kier molecular flexibility index (Phi) is 5.05. The van der Waals surface area contributed by atoms with E-state index in [1.807, 2.05) is 52.7 Å². The summed E-state index contributed by atoms with van der Waals surface area (Å²) in [6.45, 7) is 6.15. The van der Waals surface area contributed by atoms with Crippen LogP contribution in [0.25, 0.3) is 17.1 Å². The summed E-state index contributed by atoms with van der Waals surface area (Å²) in [6, 6.07) is 9.56. The van der Waals surface area contributed by atoms with Crippen molar-refractivity contribution in [2.24, 2.45) is 0 Å². The fourth-order valence-corrected chi connectivity index (χ4v) is 3.72. The molecule has 1 aliphatic rings. The Bertz CT molecular complexity index is 1280. The third-order valence-corrected chi connectivity index (χ3v) is 5.75. The molecule has 1 aromatic carbocycles. The monoisotopic (exact) mass is 427 g/mol. The van der Waals surface area contributed by atoms with Gasteiger partial charge in [0, 0.05) is 41.5 Å². The molecule has 8 nitrogen and oxygen atoms in total.